The third kappa shape index (κ3) is 2.87. The van der Waals surface area contributed by atoms with Gasteiger partial charge < -0.3 is 9.47 Å². The van der Waals surface area contributed by atoms with Crippen LogP contribution in [0.4, 0.5) is 0 Å². The number of hydrogen-bond acceptors (Lipinski definition) is 3. The van der Waals surface area contributed by atoms with E-state index in [4.69, 9.17) is 9.47 Å². The van der Waals surface area contributed by atoms with Crippen LogP contribution in [-0.4, -0.2) is 13.1 Å². The van der Waals surface area contributed by atoms with Crippen LogP contribution in [0.25, 0.3) is 10.8 Å². The molecular formula is C18H14O3. The maximum Gasteiger partial charge on any atom is 0.337 e. The normalized spacial score (nSPS) is 10.3. The third-order valence-corrected chi connectivity index (χ3v) is 3.21. The van der Waals surface area contributed by atoms with Gasteiger partial charge in [-0.25, -0.2) is 4.79 Å². The lowest BCUT2D eigenvalue weighted by molar-refractivity contribution is 0.0600. The molecule has 0 aliphatic carbocycles. The molecule has 104 valence electrons. The molecule has 3 aromatic carbocycles. The number of rotatable bonds is 3. The van der Waals surface area contributed by atoms with Crippen LogP contribution >= 0.6 is 0 Å². The Bertz CT molecular complexity index is 793. The van der Waals surface area contributed by atoms with Crippen molar-refractivity contribution in [2.24, 2.45) is 0 Å². The zero-order chi connectivity index (χ0) is 14.7. The van der Waals surface area contributed by atoms with Crippen LogP contribution in [0.5, 0.6) is 11.5 Å². The second kappa shape index (κ2) is 5.67. The monoisotopic (exact) mass is 278 g/mol. The van der Waals surface area contributed by atoms with Gasteiger partial charge in [0.1, 0.15) is 11.5 Å². The highest BCUT2D eigenvalue weighted by Gasteiger charge is 2.07. The summed E-state index contributed by atoms with van der Waals surface area (Å²) in [5, 5.41) is 2.27. The van der Waals surface area contributed by atoms with Crippen molar-refractivity contribution in [3.63, 3.8) is 0 Å². The highest BCUT2D eigenvalue weighted by Crippen LogP contribution is 2.26. The van der Waals surface area contributed by atoms with Gasteiger partial charge >= 0.3 is 5.97 Å². The second-order valence-corrected chi connectivity index (χ2v) is 4.63. The number of fused-ring (bicyclic) bond motifs is 1. The quantitative estimate of drug-likeness (QED) is 0.665. The lowest BCUT2D eigenvalue weighted by atomic mass is 10.1. The number of carbonyl (C=O) groups excluding carboxylic acids is 1. The van der Waals surface area contributed by atoms with Gasteiger partial charge in [0.25, 0.3) is 0 Å². The summed E-state index contributed by atoms with van der Waals surface area (Å²) in [6.07, 6.45) is 0. The van der Waals surface area contributed by atoms with Crippen LogP contribution in [-0.2, 0) is 4.74 Å². The maximum atomic E-state index is 11.5. The standard InChI is InChI=1S/C18H14O3/c1-20-18(19)15-7-4-8-16(12-15)21-17-10-9-13-5-2-3-6-14(13)11-17/h2-12H,1H3. The predicted octanol–water partition coefficient (Wildman–Crippen LogP) is 4.42. The summed E-state index contributed by atoms with van der Waals surface area (Å²) in [5.74, 6) is 0.961. The Morgan fingerprint density at radius 2 is 1.57 bits per heavy atom. The highest BCUT2D eigenvalue weighted by atomic mass is 16.5. The molecule has 0 bridgehead atoms. The summed E-state index contributed by atoms with van der Waals surface area (Å²) in [4.78, 5) is 11.5. The molecule has 0 atom stereocenters. The first-order valence-corrected chi connectivity index (χ1v) is 6.61. The van der Waals surface area contributed by atoms with Crippen molar-refractivity contribution < 1.29 is 14.3 Å². The van der Waals surface area contributed by atoms with Gasteiger partial charge in [0.2, 0.25) is 0 Å². The molecule has 0 fully saturated rings. The van der Waals surface area contributed by atoms with Crippen LogP contribution in [0.2, 0.25) is 0 Å². The van der Waals surface area contributed by atoms with E-state index in [2.05, 4.69) is 6.07 Å². The van der Waals surface area contributed by atoms with Crippen molar-refractivity contribution in [2.75, 3.05) is 7.11 Å². The van der Waals surface area contributed by atoms with Crippen molar-refractivity contribution in [3.8, 4) is 11.5 Å². The highest BCUT2D eigenvalue weighted by molar-refractivity contribution is 5.89. The molecule has 3 heteroatoms. The van der Waals surface area contributed by atoms with Gasteiger partial charge in [0.15, 0.2) is 0 Å². The Labute approximate surface area is 122 Å². The molecule has 3 nitrogen and oxygen atoms in total. The first-order valence-electron chi connectivity index (χ1n) is 6.61. The minimum atomic E-state index is -0.376. The van der Waals surface area contributed by atoms with Gasteiger partial charge in [0, 0.05) is 0 Å². The molecule has 0 aliphatic rings. The number of ether oxygens (including phenoxy) is 2. The van der Waals surface area contributed by atoms with Gasteiger partial charge in [0.05, 0.1) is 12.7 Å². The molecule has 0 aromatic heterocycles. The van der Waals surface area contributed by atoms with E-state index in [0.29, 0.717) is 11.3 Å². The van der Waals surface area contributed by atoms with E-state index in [0.717, 1.165) is 16.5 Å². The number of esters is 1. The molecule has 21 heavy (non-hydrogen) atoms. The minimum absolute atomic E-state index is 0.376. The topological polar surface area (TPSA) is 35.5 Å². The molecule has 0 saturated carbocycles. The Balaban J connectivity index is 1.89. The Morgan fingerprint density at radius 3 is 2.38 bits per heavy atom. The number of methoxy groups -OCH3 is 1. The van der Waals surface area contributed by atoms with E-state index >= 15 is 0 Å². The van der Waals surface area contributed by atoms with Crippen molar-refractivity contribution in [1.82, 2.24) is 0 Å². The largest absolute Gasteiger partial charge is 0.465 e. The minimum Gasteiger partial charge on any atom is -0.465 e. The van der Waals surface area contributed by atoms with Gasteiger partial charge in [-0.05, 0) is 41.1 Å². The number of benzene rings is 3. The first-order chi connectivity index (χ1) is 10.3. The van der Waals surface area contributed by atoms with E-state index in [1.54, 1.807) is 18.2 Å². The fraction of sp³-hybridized carbons (Fsp3) is 0.0556. The van der Waals surface area contributed by atoms with Crippen molar-refractivity contribution >= 4 is 16.7 Å². The number of hydrogen-bond donors (Lipinski definition) is 0. The lowest BCUT2D eigenvalue weighted by Gasteiger charge is -2.08. The predicted molar refractivity (Wildman–Crippen MR) is 81.8 cm³/mol. The molecule has 0 heterocycles. The molecule has 0 radical (unpaired) electrons. The van der Waals surface area contributed by atoms with Crippen LogP contribution in [0, 0.1) is 0 Å². The summed E-state index contributed by atoms with van der Waals surface area (Å²) in [6.45, 7) is 0. The van der Waals surface area contributed by atoms with Crippen LogP contribution in [0.1, 0.15) is 10.4 Å². The SMILES string of the molecule is COC(=O)c1cccc(Oc2ccc3ccccc3c2)c1. The van der Waals surface area contributed by atoms with Crippen molar-refractivity contribution in [2.45, 2.75) is 0 Å². The smallest absolute Gasteiger partial charge is 0.337 e. The van der Waals surface area contributed by atoms with Crippen LogP contribution in [0.3, 0.4) is 0 Å². The fourth-order valence-corrected chi connectivity index (χ4v) is 2.17. The molecule has 0 amide bonds. The van der Waals surface area contributed by atoms with Crippen molar-refractivity contribution in [3.05, 3.63) is 72.3 Å². The van der Waals surface area contributed by atoms with E-state index in [1.807, 2.05) is 42.5 Å². The molecule has 0 aliphatic heterocycles. The second-order valence-electron chi connectivity index (χ2n) is 4.63. The molecular weight excluding hydrogens is 264 g/mol. The molecule has 0 spiro atoms. The van der Waals surface area contributed by atoms with Gasteiger partial charge in [-0.1, -0.05) is 36.4 Å². The molecule has 0 N–H and O–H groups in total. The van der Waals surface area contributed by atoms with E-state index in [9.17, 15) is 4.79 Å². The Morgan fingerprint density at radius 1 is 0.810 bits per heavy atom. The van der Waals surface area contributed by atoms with Crippen LogP contribution < -0.4 is 4.74 Å². The van der Waals surface area contributed by atoms with E-state index < -0.39 is 0 Å². The average molecular weight is 278 g/mol. The van der Waals surface area contributed by atoms with Gasteiger partial charge in [-0.15, -0.1) is 0 Å². The maximum absolute atomic E-state index is 11.5. The van der Waals surface area contributed by atoms with E-state index in [-0.39, 0.29) is 5.97 Å². The molecule has 3 aromatic rings. The molecule has 0 saturated heterocycles. The average Bonchev–Trinajstić information content (AvgIpc) is 2.54. The first kappa shape index (κ1) is 13.2. The summed E-state index contributed by atoms with van der Waals surface area (Å²) in [5.41, 5.74) is 0.468. The summed E-state index contributed by atoms with van der Waals surface area (Å²) >= 11 is 0. The zero-order valence-corrected chi connectivity index (χ0v) is 11.6. The van der Waals surface area contributed by atoms with E-state index in [1.165, 1.54) is 7.11 Å². The third-order valence-electron chi connectivity index (χ3n) is 3.21. The summed E-state index contributed by atoms with van der Waals surface area (Å²) in [7, 11) is 1.36. The summed E-state index contributed by atoms with van der Waals surface area (Å²) in [6, 6.07) is 20.9. The van der Waals surface area contributed by atoms with Gasteiger partial charge in [-0.2, -0.15) is 0 Å². The Hall–Kier alpha value is -2.81. The van der Waals surface area contributed by atoms with Crippen LogP contribution in [0.15, 0.2) is 66.7 Å². The molecule has 0 unspecified atom stereocenters. The van der Waals surface area contributed by atoms with Gasteiger partial charge in [-0.3, -0.25) is 0 Å². The van der Waals surface area contributed by atoms with Crippen molar-refractivity contribution in [1.29, 1.82) is 0 Å². The fourth-order valence-electron chi connectivity index (χ4n) is 2.17. The summed E-state index contributed by atoms with van der Waals surface area (Å²) < 4.78 is 10.5. The number of carbonyl (C=O) groups is 1. The molecule has 3 rings (SSSR count). The Kier molecular flexibility index (Phi) is 3.56. The lowest BCUT2D eigenvalue weighted by Crippen LogP contribution is -2.00. The zero-order valence-electron chi connectivity index (χ0n) is 11.6.